The van der Waals surface area contributed by atoms with Crippen LogP contribution in [-0.2, 0) is 0 Å². The maximum absolute atomic E-state index is 12.5. The van der Waals surface area contributed by atoms with E-state index >= 15 is 0 Å². The quantitative estimate of drug-likeness (QED) is 0.518. The highest BCUT2D eigenvalue weighted by Gasteiger charge is 2.28. The highest BCUT2D eigenvalue weighted by Crippen LogP contribution is 2.39. The fraction of sp³-hybridized carbons (Fsp3) is 0.632. The number of ether oxygens (including phenoxy) is 1. The second-order valence-electron chi connectivity index (χ2n) is 7.73. The number of halogens is 1. The predicted molar refractivity (Wildman–Crippen MR) is 96.3 cm³/mol. The van der Waals surface area contributed by atoms with Crippen molar-refractivity contribution in [2.24, 2.45) is 0 Å². The van der Waals surface area contributed by atoms with E-state index in [0.29, 0.717) is 16.2 Å². The van der Waals surface area contributed by atoms with Crippen molar-refractivity contribution in [2.45, 2.75) is 46.0 Å². The van der Waals surface area contributed by atoms with Crippen LogP contribution in [0.4, 0.5) is 10.5 Å². The molecule has 2 rings (SSSR count). The van der Waals surface area contributed by atoms with Gasteiger partial charge in [0.1, 0.15) is 11.4 Å². The zero-order valence-electron chi connectivity index (χ0n) is 15.9. The molecule has 1 saturated heterocycles. The Kier molecular flexibility index (Phi) is 7.53. The number of carbonyl (C=O) groups is 1. The van der Waals surface area contributed by atoms with Gasteiger partial charge in [0.2, 0.25) is 0 Å². The van der Waals surface area contributed by atoms with Gasteiger partial charge in [0.05, 0.1) is 26.7 Å². The van der Waals surface area contributed by atoms with E-state index in [4.69, 9.17) is 4.74 Å². The SMILES string of the molecule is Cc1ccc(OC(=O)N2CCCCC2)c(C(C)C)c1[N+](C)(C)C.[I-]. The van der Waals surface area contributed by atoms with Gasteiger partial charge in [0, 0.05) is 18.7 Å². The molecule has 0 unspecified atom stereocenters. The molecule has 1 aromatic carbocycles. The third kappa shape index (κ3) is 4.85. The van der Waals surface area contributed by atoms with Gasteiger partial charge < -0.3 is 33.6 Å². The molecular formula is C19H31IN2O2. The molecule has 24 heavy (non-hydrogen) atoms. The summed E-state index contributed by atoms with van der Waals surface area (Å²) in [6, 6.07) is 4.01. The largest absolute Gasteiger partial charge is 1.00 e. The van der Waals surface area contributed by atoms with Crippen LogP contribution >= 0.6 is 0 Å². The number of aryl methyl sites for hydroxylation is 1. The van der Waals surface area contributed by atoms with Gasteiger partial charge in [-0.2, -0.15) is 0 Å². The van der Waals surface area contributed by atoms with Gasteiger partial charge in [0.25, 0.3) is 0 Å². The van der Waals surface area contributed by atoms with E-state index in [1.165, 1.54) is 17.7 Å². The zero-order chi connectivity index (χ0) is 17.2. The van der Waals surface area contributed by atoms with Gasteiger partial charge in [-0.1, -0.05) is 13.8 Å². The van der Waals surface area contributed by atoms with E-state index in [2.05, 4.69) is 48.0 Å². The summed E-state index contributed by atoms with van der Waals surface area (Å²) in [5, 5.41) is 0. The van der Waals surface area contributed by atoms with E-state index in [-0.39, 0.29) is 30.1 Å². The molecule has 1 amide bonds. The number of likely N-dealkylation sites (tertiary alicyclic amines) is 1. The first-order valence-corrected chi connectivity index (χ1v) is 8.64. The second-order valence-corrected chi connectivity index (χ2v) is 7.73. The predicted octanol–water partition coefficient (Wildman–Crippen LogP) is 1.30. The van der Waals surface area contributed by atoms with Gasteiger partial charge in [-0.15, -0.1) is 0 Å². The second kappa shape index (κ2) is 8.52. The molecule has 0 aliphatic carbocycles. The third-order valence-corrected chi connectivity index (χ3v) is 4.44. The molecule has 1 aliphatic rings. The van der Waals surface area contributed by atoms with Crippen LogP contribution in [0.5, 0.6) is 5.75 Å². The highest BCUT2D eigenvalue weighted by atomic mass is 127. The van der Waals surface area contributed by atoms with Crippen molar-refractivity contribution in [3.63, 3.8) is 0 Å². The van der Waals surface area contributed by atoms with Crippen LogP contribution in [0.2, 0.25) is 0 Å². The summed E-state index contributed by atoms with van der Waals surface area (Å²) in [4.78, 5) is 14.3. The van der Waals surface area contributed by atoms with E-state index in [1.54, 1.807) is 0 Å². The summed E-state index contributed by atoms with van der Waals surface area (Å²) in [7, 11) is 6.47. The molecule has 0 aromatic heterocycles. The number of benzene rings is 1. The lowest BCUT2D eigenvalue weighted by Crippen LogP contribution is -3.00. The summed E-state index contributed by atoms with van der Waals surface area (Å²) in [5.41, 5.74) is 3.62. The maximum Gasteiger partial charge on any atom is 0.415 e. The van der Waals surface area contributed by atoms with Crippen molar-refractivity contribution in [1.29, 1.82) is 0 Å². The topological polar surface area (TPSA) is 29.5 Å². The minimum absolute atomic E-state index is 0. The van der Waals surface area contributed by atoms with Crippen molar-refractivity contribution in [3.05, 3.63) is 23.3 Å². The molecular weight excluding hydrogens is 415 g/mol. The van der Waals surface area contributed by atoms with Crippen LogP contribution < -0.4 is 33.2 Å². The fourth-order valence-electron chi connectivity index (χ4n) is 3.47. The third-order valence-electron chi connectivity index (χ3n) is 4.44. The number of hydrogen-bond acceptors (Lipinski definition) is 2. The molecule has 0 bridgehead atoms. The van der Waals surface area contributed by atoms with E-state index in [1.807, 2.05) is 11.0 Å². The molecule has 0 radical (unpaired) electrons. The monoisotopic (exact) mass is 446 g/mol. The summed E-state index contributed by atoms with van der Waals surface area (Å²) < 4.78 is 6.53. The Morgan fingerprint density at radius 1 is 1.12 bits per heavy atom. The summed E-state index contributed by atoms with van der Waals surface area (Å²) >= 11 is 0. The number of nitrogens with zero attached hydrogens (tertiary/aromatic N) is 2. The molecule has 5 heteroatoms. The molecule has 1 heterocycles. The summed E-state index contributed by atoms with van der Waals surface area (Å²) in [5.74, 6) is 1.01. The molecule has 0 N–H and O–H groups in total. The first-order valence-electron chi connectivity index (χ1n) is 8.64. The van der Waals surface area contributed by atoms with Crippen LogP contribution in [0.15, 0.2) is 12.1 Å². The average Bonchev–Trinajstić information content (AvgIpc) is 2.48. The average molecular weight is 446 g/mol. The Labute approximate surface area is 163 Å². The first-order chi connectivity index (χ1) is 10.7. The number of rotatable bonds is 3. The van der Waals surface area contributed by atoms with Crippen LogP contribution in [-0.4, -0.2) is 45.2 Å². The van der Waals surface area contributed by atoms with Crippen LogP contribution in [0.25, 0.3) is 0 Å². The van der Waals surface area contributed by atoms with Gasteiger partial charge >= 0.3 is 6.09 Å². The van der Waals surface area contributed by atoms with Gasteiger partial charge in [-0.25, -0.2) is 4.79 Å². The highest BCUT2D eigenvalue weighted by molar-refractivity contribution is 5.73. The number of carbonyl (C=O) groups excluding carboxylic acids is 1. The van der Waals surface area contributed by atoms with Gasteiger partial charge in [0.15, 0.2) is 0 Å². The Morgan fingerprint density at radius 3 is 2.21 bits per heavy atom. The smallest absolute Gasteiger partial charge is 0.415 e. The minimum Gasteiger partial charge on any atom is -1.00 e. The zero-order valence-corrected chi connectivity index (χ0v) is 18.0. The Hall–Kier alpha value is -0.820. The molecule has 0 saturated carbocycles. The number of hydrogen-bond donors (Lipinski definition) is 0. The molecule has 1 fully saturated rings. The Bertz CT molecular complexity index is 573. The molecule has 1 aromatic rings. The summed E-state index contributed by atoms with van der Waals surface area (Å²) in [6.07, 6.45) is 3.15. The van der Waals surface area contributed by atoms with Crippen LogP contribution in [0, 0.1) is 6.92 Å². The number of amides is 1. The minimum atomic E-state index is -0.206. The molecule has 4 nitrogen and oxygen atoms in total. The molecule has 0 spiro atoms. The molecule has 1 aliphatic heterocycles. The first kappa shape index (κ1) is 21.2. The van der Waals surface area contributed by atoms with Gasteiger partial charge in [-0.3, -0.25) is 4.48 Å². The van der Waals surface area contributed by atoms with Crippen molar-refractivity contribution in [1.82, 2.24) is 9.38 Å². The van der Waals surface area contributed by atoms with Crippen LogP contribution in [0.1, 0.15) is 50.2 Å². The molecule has 136 valence electrons. The lowest BCUT2D eigenvalue weighted by atomic mass is 9.95. The number of quaternary nitrogens is 1. The fourth-order valence-corrected chi connectivity index (χ4v) is 3.47. The standard InChI is InChI=1S/C19H31N2O2.HI/c1-14(2)17-16(11-10-15(3)18(17)21(4,5)6)23-19(22)20-12-8-7-9-13-20;/h10-11,14H,7-9,12-13H2,1-6H3;1H/q+1;/p-1. The normalized spacial score (nSPS) is 15.2. The Morgan fingerprint density at radius 2 is 1.71 bits per heavy atom. The summed E-state index contributed by atoms with van der Waals surface area (Å²) in [6.45, 7) is 8.06. The lowest BCUT2D eigenvalue weighted by molar-refractivity contribution is -0.0000112. The number of piperidine rings is 1. The van der Waals surface area contributed by atoms with Crippen molar-refractivity contribution in [2.75, 3.05) is 34.2 Å². The van der Waals surface area contributed by atoms with E-state index in [9.17, 15) is 4.79 Å². The lowest BCUT2D eigenvalue weighted by Gasteiger charge is -2.31. The van der Waals surface area contributed by atoms with Crippen molar-refractivity contribution >= 4 is 11.8 Å². The maximum atomic E-state index is 12.5. The Balaban J connectivity index is 0.00000288. The van der Waals surface area contributed by atoms with Crippen molar-refractivity contribution in [3.8, 4) is 5.75 Å². The van der Waals surface area contributed by atoms with E-state index < -0.39 is 0 Å². The molecule has 0 atom stereocenters. The van der Waals surface area contributed by atoms with Crippen molar-refractivity contribution < 1.29 is 33.5 Å². The van der Waals surface area contributed by atoms with Crippen LogP contribution in [0.3, 0.4) is 0 Å². The van der Waals surface area contributed by atoms with Gasteiger partial charge in [-0.05, 0) is 44.2 Å². The van der Waals surface area contributed by atoms with E-state index in [0.717, 1.165) is 31.5 Å².